The van der Waals surface area contributed by atoms with Crippen molar-refractivity contribution in [3.8, 4) is 0 Å². The number of rotatable bonds is 8. The number of hydrogen-bond acceptors (Lipinski definition) is 6. The first kappa shape index (κ1) is 23.9. The molecule has 2 N–H and O–H groups in total. The molecule has 180 valence electrons. The summed E-state index contributed by atoms with van der Waals surface area (Å²) in [6.07, 6.45) is 1.58. The van der Waals surface area contributed by atoms with Crippen LogP contribution in [-0.2, 0) is 14.8 Å². The largest absolute Gasteiger partial charge is 0.468 e. The van der Waals surface area contributed by atoms with Crippen molar-refractivity contribution in [3.05, 3.63) is 78.5 Å². The first-order valence-corrected chi connectivity index (χ1v) is 12.5. The monoisotopic (exact) mass is 486 g/mol. The van der Waals surface area contributed by atoms with Gasteiger partial charge in [0.2, 0.25) is 15.9 Å². The van der Waals surface area contributed by atoms with Crippen molar-refractivity contribution in [3.63, 3.8) is 0 Å². The Morgan fingerprint density at radius 1 is 1.03 bits per heavy atom. The van der Waals surface area contributed by atoms with Crippen LogP contribution in [0.2, 0.25) is 0 Å². The molecule has 2 heterocycles. The Bertz CT molecular complexity index is 1190. The minimum absolute atomic E-state index is 0.112. The van der Waals surface area contributed by atoms with Gasteiger partial charge < -0.3 is 14.6 Å². The maximum Gasteiger partial charge on any atom is 0.240 e. The third kappa shape index (κ3) is 5.82. The third-order valence-corrected chi connectivity index (χ3v) is 7.21. The first-order valence-electron chi connectivity index (χ1n) is 11.0. The molecule has 1 aromatic heterocycles. The first-order chi connectivity index (χ1) is 16.3. The van der Waals surface area contributed by atoms with E-state index in [1.807, 2.05) is 6.07 Å². The fourth-order valence-corrected chi connectivity index (χ4v) is 5.07. The summed E-state index contributed by atoms with van der Waals surface area (Å²) >= 11 is 0. The fourth-order valence-electron chi connectivity index (χ4n) is 4.03. The number of piperazine rings is 1. The molecule has 0 saturated carbocycles. The molecule has 2 aromatic carbocycles. The summed E-state index contributed by atoms with van der Waals surface area (Å²) in [7, 11) is -3.77. The molecule has 8 nitrogen and oxygen atoms in total. The average Bonchev–Trinajstić information content (AvgIpc) is 3.35. The van der Waals surface area contributed by atoms with Crippen LogP contribution in [0.4, 0.5) is 15.8 Å². The van der Waals surface area contributed by atoms with Gasteiger partial charge in [-0.3, -0.25) is 9.69 Å². The van der Waals surface area contributed by atoms with E-state index in [4.69, 9.17) is 4.42 Å². The predicted molar refractivity (Wildman–Crippen MR) is 128 cm³/mol. The number of halogens is 1. The van der Waals surface area contributed by atoms with E-state index in [-0.39, 0.29) is 29.2 Å². The number of nitrogens with zero attached hydrogens (tertiary/aromatic N) is 2. The third-order valence-electron chi connectivity index (χ3n) is 5.77. The summed E-state index contributed by atoms with van der Waals surface area (Å²) in [6, 6.07) is 15.8. The van der Waals surface area contributed by atoms with Crippen LogP contribution in [0.1, 0.15) is 18.7 Å². The summed E-state index contributed by atoms with van der Waals surface area (Å²) in [5.41, 5.74) is 1.48. The zero-order valence-electron chi connectivity index (χ0n) is 18.8. The zero-order chi connectivity index (χ0) is 24.1. The summed E-state index contributed by atoms with van der Waals surface area (Å²) < 4.78 is 47.4. The van der Waals surface area contributed by atoms with Gasteiger partial charge in [0.25, 0.3) is 0 Å². The number of benzene rings is 2. The van der Waals surface area contributed by atoms with E-state index in [2.05, 4.69) is 19.8 Å². The molecule has 1 unspecified atom stereocenters. The van der Waals surface area contributed by atoms with Crippen LogP contribution in [-0.4, -0.2) is 51.9 Å². The number of anilines is 2. The van der Waals surface area contributed by atoms with Crippen LogP contribution in [0.25, 0.3) is 0 Å². The highest BCUT2D eigenvalue weighted by molar-refractivity contribution is 7.89. The van der Waals surface area contributed by atoms with E-state index >= 15 is 0 Å². The van der Waals surface area contributed by atoms with Crippen molar-refractivity contribution < 1.29 is 22.0 Å². The molecule has 0 spiro atoms. The molecular formula is C24H27FN4O4S. The molecule has 1 fully saturated rings. The van der Waals surface area contributed by atoms with Gasteiger partial charge in [-0.2, -0.15) is 0 Å². The number of carbonyl (C=O) groups excluding carboxylic acids is 1. The van der Waals surface area contributed by atoms with Gasteiger partial charge in [0.1, 0.15) is 11.6 Å². The van der Waals surface area contributed by atoms with Crippen molar-refractivity contribution in [2.75, 3.05) is 42.9 Å². The molecule has 0 aliphatic carbocycles. The molecule has 1 atom stereocenters. The van der Waals surface area contributed by atoms with Crippen LogP contribution in [0.15, 0.2) is 76.2 Å². The van der Waals surface area contributed by atoms with Crippen LogP contribution in [0.3, 0.4) is 0 Å². The SMILES string of the molecule is CC(=O)Nc1ccc(S(=O)(=O)NCC(c2ccco2)N2CCN(c3ccc(F)cc3)CC2)cc1. The minimum Gasteiger partial charge on any atom is -0.468 e. The van der Waals surface area contributed by atoms with E-state index in [0.717, 1.165) is 18.8 Å². The molecule has 1 saturated heterocycles. The van der Waals surface area contributed by atoms with Crippen LogP contribution < -0.4 is 14.9 Å². The smallest absolute Gasteiger partial charge is 0.240 e. The Balaban J connectivity index is 1.42. The Labute approximate surface area is 198 Å². The fraction of sp³-hybridized carbons (Fsp3) is 0.292. The van der Waals surface area contributed by atoms with Crippen LogP contribution in [0, 0.1) is 5.82 Å². The predicted octanol–water partition coefficient (Wildman–Crippen LogP) is 3.22. The van der Waals surface area contributed by atoms with E-state index in [0.29, 0.717) is 24.5 Å². The van der Waals surface area contributed by atoms with Crippen molar-refractivity contribution in [2.24, 2.45) is 0 Å². The van der Waals surface area contributed by atoms with E-state index in [9.17, 15) is 17.6 Å². The van der Waals surface area contributed by atoms with Crippen molar-refractivity contribution in [1.82, 2.24) is 9.62 Å². The van der Waals surface area contributed by atoms with Gasteiger partial charge in [-0.1, -0.05) is 0 Å². The molecule has 0 radical (unpaired) electrons. The normalized spacial score (nSPS) is 15.8. The summed E-state index contributed by atoms with van der Waals surface area (Å²) in [6.45, 7) is 4.35. The molecule has 10 heteroatoms. The highest BCUT2D eigenvalue weighted by atomic mass is 32.2. The second-order valence-electron chi connectivity index (χ2n) is 8.09. The van der Waals surface area contributed by atoms with Gasteiger partial charge >= 0.3 is 0 Å². The maximum atomic E-state index is 13.2. The Morgan fingerprint density at radius 2 is 1.71 bits per heavy atom. The lowest BCUT2D eigenvalue weighted by Crippen LogP contribution is -2.49. The minimum atomic E-state index is -3.77. The zero-order valence-corrected chi connectivity index (χ0v) is 19.6. The van der Waals surface area contributed by atoms with E-state index < -0.39 is 10.0 Å². The number of sulfonamides is 1. The Kier molecular flexibility index (Phi) is 7.30. The number of nitrogens with one attached hydrogen (secondary N) is 2. The van der Waals surface area contributed by atoms with Gasteiger partial charge in [0, 0.05) is 51.0 Å². The summed E-state index contributed by atoms with van der Waals surface area (Å²) in [5, 5.41) is 2.62. The Hall–Kier alpha value is -3.21. The van der Waals surface area contributed by atoms with Gasteiger partial charge in [-0.15, -0.1) is 0 Å². The van der Waals surface area contributed by atoms with Crippen molar-refractivity contribution >= 4 is 27.3 Å². The molecule has 1 aliphatic heterocycles. The van der Waals surface area contributed by atoms with Crippen molar-refractivity contribution in [1.29, 1.82) is 0 Å². The number of carbonyl (C=O) groups is 1. The molecule has 3 aromatic rings. The molecule has 0 bridgehead atoms. The quantitative estimate of drug-likeness (QED) is 0.508. The Morgan fingerprint density at radius 3 is 2.29 bits per heavy atom. The lowest BCUT2D eigenvalue weighted by Gasteiger charge is -2.39. The molecule has 1 aliphatic rings. The second kappa shape index (κ2) is 10.4. The average molecular weight is 487 g/mol. The lowest BCUT2D eigenvalue weighted by atomic mass is 10.1. The molecular weight excluding hydrogens is 459 g/mol. The van der Waals surface area contributed by atoms with Gasteiger partial charge in [-0.25, -0.2) is 17.5 Å². The van der Waals surface area contributed by atoms with E-state index in [1.165, 1.54) is 31.2 Å². The summed E-state index contributed by atoms with van der Waals surface area (Å²) in [4.78, 5) is 15.6. The van der Waals surface area contributed by atoms with Gasteiger partial charge in [-0.05, 0) is 60.7 Å². The molecule has 4 rings (SSSR count). The number of amides is 1. The highest BCUT2D eigenvalue weighted by Crippen LogP contribution is 2.25. The second-order valence-corrected chi connectivity index (χ2v) is 9.86. The van der Waals surface area contributed by atoms with Crippen molar-refractivity contribution in [2.45, 2.75) is 17.9 Å². The van der Waals surface area contributed by atoms with Gasteiger partial charge in [0.05, 0.1) is 17.2 Å². The lowest BCUT2D eigenvalue weighted by molar-refractivity contribution is -0.114. The number of hydrogen-bond donors (Lipinski definition) is 2. The van der Waals surface area contributed by atoms with Crippen LogP contribution in [0.5, 0.6) is 0 Å². The highest BCUT2D eigenvalue weighted by Gasteiger charge is 2.28. The maximum absolute atomic E-state index is 13.2. The standard InChI is InChI=1S/C24H27FN4O4S/c1-18(30)27-20-6-10-22(11-7-20)34(31,32)26-17-23(24-3-2-16-33-24)29-14-12-28(13-15-29)21-8-4-19(25)5-9-21/h2-11,16,23,26H,12-15,17H2,1H3,(H,27,30). The topological polar surface area (TPSA) is 94.9 Å². The van der Waals surface area contributed by atoms with Gasteiger partial charge in [0.15, 0.2) is 0 Å². The van der Waals surface area contributed by atoms with E-state index in [1.54, 1.807) is 36.6 Å². The van der Waals surface area contributed by atoms with Crippen LogP contribution >= 0.6 is 0 Å². The summed E-state index contributed by atoms with van der Waals surface area (Å²) in [5.74, 6) is 0.186. The molecule has 34 heavy (non-hydrogen) atoms. The molecule has 1 amide bonds. The number of furan rings is 1.